The van der Waals surface area contributed by atoms with Crippen LogP contribution in [0.5, 0.6) is 0 Å². The van der Waals surface area contributed by atoms with Crippen LogP contribution in [0.3, 0.4) is 0 Å². The van der Waals surface area contributed by atoms with Crippen molar-refractivity contribution in [2.24, 2.45) is 0 Å². The smallest absolute Gasteiger partial charge is 0.416 e. The summed E-state index contributed by atoms with van der Waals surface area (Å²) in [7, 11) is -3.84. The van der Waals surface area contributed by atoms with Crippen LogP contribution in [0.15, 0.2) is 54.1 Å². The van der Waals surface area contributed by atoms with Gasteiger partial charge in [-0.1, -0.05) is 30.3 Å². The molecule has 8 nitrogen and oxygen atoms in total. The average molecular weight is 621 g/mol. The molecular formula is C29H31F3N4O4S2. The molecule has 0 spiro atoms. The van der Waals surface area contributed by atoms with E-state index in [1.165, 1.54) is 38.9 Å². The lowest BCUT2D eigenvalue weighted by Gasteiger charge is -2.31. The first-order valence-electron chi connectivity index (χ1n) is 13.4. The summed E-state index contributed by atoms with van der Waals surface area (Å²) < 4.78 is 76.7. The van der Waals surface area contributed by atoms with Gasteiger partial charge in [0.1, 0.15) is 5.60 Å². The Kier molecular flexibility index (Phi) is 8.12. The van der Waals surface area contributed by atoms with Crippen LogP contribution in [0.25, 0.3) is 16.7 Å². The van der Waals surface area contributed by atoms with E-state index in [0.717, 1.165) is 22.8 Å². The maximum atomic E-state index is 13.8. The van der Waals surface area contributed by atoms with Crippen molar-refractivity contribution in [1.82, 2.24) is 14.2 Å². The molecule has 0 unspecified atom stereocenters. The number of hydrogen-bond donors (Lipinski definition) is 1. The van der Waals surface area contributed by atoms with Gasteiger partial charge in [-0.3, -0.25) is 0 Å². The third kappa shape index (κ3) is 6.63. The first kappa shape index (κ1) is 30.1. The standard InChI is InChI=1S/C29H31F3N4O4S2/c1-28(2,3)40-27(37)35-13-9-19(10-14-35)25-17-21(29(30,31)32)7-8-24(25)23-6-4-5-20-18-36(15-11-22(20)23)42(38,39)34-26-33-12-16-41-26/h4-9,12,16-17H,10-11,13-15,18H2,1-3H3,(H,33,34). The van der Waals surface area contributed by atoms with Crippen molar-refractivity contribution in [3.05, 3.63) is 76.3 Å². The molecule has 42 heavy (non-hydrogen) atoms. The molecule has 1 amide bonds. The Balaban J connectivity index is 1.47. The number of carbonyl (C=O) groups is 1. The van der Waals surface area contributed by atoms with Crippen LogP contribution in [-0.4, -0.2) is 53.9 Å². The van der Waals surface area contributed by atoms with Crippen molar-refractivity contribution in [2.75, 3.05) is 24.4 Å². The van der Waals surface area contributed by atoms with Gasteiger partial charge >= 0.3 is 22.5 Å². The minimum Gasteiger partial charge on any atom is -0.444 e. The zero-order valence-corrected chi connectivity index (χ0v) is 25.0. The molecule has 0 saturated heterocycles. The number of alkyl halides is 3. The van der Waals surface area contributed by atoms with Crippen molar-refractivity contribution in [2.45, 2.75) is 51.9 Å². The minimum absolute atomic E-state index is 0.118. The highest BCUT2D eigenvalue weighted by Gasteiger charge is 2.33. The molecule has 3 heterocycles. The van der Waals surface area contributed by atoms with Gasteiger partial charge in [0, 0.05) is 37.8 Å². The molecule has 0 aliphatic carbocycles. The van der Waals surface area contributed by atoms with Crippen LogP contribution in [0, 0.1) is 0 Å². The van der Waals surface area contributed by atoms with E-state index in [-0.39, 0.29) is 24.8 Å². The lowest BCUT2D eigenvalue weighted by molar-refractivity contribution is -0.137. The van der Waals surface area contributed by atoms with Gasteiger partial charge < -0.3 is 9.64 Å². The molecule has 1 aromatic heterocycles. The molecule has 2 aliphatic rings. The number of ether oxygens (including phenoxy) is 1. The molecule has 2 aliphatic heterocycles. The van der Waals surface area contributed by atoms with Crippen LogP contribution in [0.1, 0.15) is 49.4 Å². The predicted molar refractivity (Wildman–Crippen MR) is 156 cm³/mol. The molecular weight excluding hydrogens is 589 g/mol. The summed E-state index contributed by atoms with van der Waals surface area (Å²) in [5, 5.41) is 1.95. The predicted octanol–water partition coefficient (Wildman–Crippen LogP) is 6.57. The number of nitrogens with one attached hydrogen (secondary N) is 1. The molecule has 2 aromatic carbocycles. The molecule has 3 aromatic rings. The molecule has 0 radical (unpaired) electrons. The molecule has 5 rings (SSSR count). The second-order valence-electron chi connectivity index (χ2n) is 11.1. The molecule has 13 heteroatoms. The summed E-state index contributed by atoms with van der Waals surface area (Å²) in [4.78, 5) is 18.1. The number of nitrogens with zero attached hydrogens (tertiary/aromatic N) is 3. The van der Waals surface area contributed by atoms with Crippen LogP contribution in [0.4, 0.5) is 23.1 Å². The Bertz CT molecular complexity index is 1610. The number of halogens is 3. The Morgan fingerprint density at radius 2 is 1.83 bits per heavy atom. The first-order valence-corrected chi connectivity index (χ1v) is 15.7. The number of carbonyl (C=O) groups excluding carboxylic acids is 1. The SMILES string of the molecule is CC(C)(C)OC(=O)N1CC=C(c2cc(C(F)(F)F)ccc2-c2cccc3c2CCN(S(=O)(=O)Nc2nccs2)C3)CC1. The number of aromatic nitrogens is 1. The van der Waals surface area contributed by atoms with Gasteiger partial charge in [-0.2, -0.15) is 25.9 Å². The molecule has 0 atom stereocenters. The van der Waals surface area contributed by atoms with Gasteiger partial charge in [-0.15, -0.1) is 11.3 Å². The quantitative estimate of drug-likeness (QED) is 0.349. The summed E-state index contributed by atoms with van der Waals surface area (Å²) in [6.45, 7) is 6.17. The number of benzene rings is 2. The molecule has 0 fully saturated rings. The fourth-order valence-electron chi connectivity index (χ4n) is 5.12. The highest BCUT2D eigenvalue weighted by Crippen LogP contribution is 2.40. The van der Waals surface area contributed by atoms with Gasteiger partial charge in [-0.25, -0.2) is 14.5 Å². The average Bonchev–Trinajstić information content (AvgIpc) is 3.43. The van der Waals surface area contributed by atoms with Crippen molar-refractivity contribution < 1.29 is 31.1 Å². The Morgan fingerprint density at radius 3 is 2.48 bits per heavy atom. The number of rotatable bonds is 5. The van der Waals surface area contributed by atoms with E-state index >= 15 is 0 Å². The maximum Gasteiger partial charge on any atom is 0.416 e. The van der Waals surface area contributed by atoms with Crippen molar-refractivity contribution in [1.29, 1.82) is 0 Å². The van der Waals surface area contributed by atoms with Crippen molar-refractivity contribution >= 4 is 38.3 Å². The summed E-state index contributed by atoms with van der Waals surface area (Å²) in [5.41, 5.74) is 2.81. The Labute approximate surface area is 247 Å². The van der Waals surface area contributed by atoms with E-state index in [2.05, 4.69) is 9.71 Å². The molecule has 1 N–H and O–H groups in total. The van der Waals surface area contributed by atoms with Crippen LogP contribution in [0.2, 0.25) is 0 Å². The largest absolute Gasteiger partial charge is 0.444 e. The monoisotopic (exact) mass is 620 g/mol. The number of thiazole rings is 1. The highest BCUT2D eigenvalue weighted by molar-refractivity contribution is 7.90. The second kappa shape index (κ2) is 11.3. The number of fused-ring (bicyclic) bond motifs is 1. The molecule has 0 saturated carbocycles. The summed E-state index contributed by atoms with van der Waals surface area (Å²) >= 11 is 1.18. The number of anilines is 1. The lowest BCUT2D eigenvalue weighted by Crippen LogP contribution is -2.39. The van der Waals surface area contributed by atoms with Crippen LogP contribution < -0.4 is 4.72 Å². The highest BCUT2D eigenvalue weighted by atomic mass is 32.2. The van der Waals surface area contributed by atoms with Crippen LogP contribution in [-0.2, 0) is 34.1 Å². The topological polar surface area (TPSA) is 91.8 Å². The van der Waals surface area contributed by atoms with Crippen LogP contribution >= 0.6 is 11.3 Å². The number of hydrogen-bond acceptors (Lipinski definition) is 6. The number of amides is 1. The van der Waals surface area contributed by atoms with E-state index in [1.54, 1.807) is 38.3 Å². The van der Waals surface area contributed by atoms with Gasteiger partial charge in [0.15, 0.2) is 5.13 Å². The second-order valence-corrected chi connectivity index (χ2v) is 13.7. The Morgan fingerprint density at radius 1 is 1.05 bits per heavy atom. The minimum atomic E-state index is -4.53. The van der Waals surface area contributed by atoms with Crippen molar-refractivity contribution in [3.8, 4) is 11.1 Å². The third-order valence-corrected chi connectivity index (χ3v) is 9.32. The van der Waals surface area contributed by atoms with E-state index in [9.17, 15) is 26.4 Å². The van der Waals surface area contributed by atoms with E-state index in [0.29, 0.717) is 36.1 Å². The van der Waals surface area contributed by atoms with Gasteiger partial charge in [0.2, 0.25) is 0 Å². The third-order valence-electron chi connectivity index (χ3n) is 7.06. The maximum absolute atomic E-state index is 13.8. The van der Waals surface area contributed by atoms with Gasteiger partial charge in [-0.05, 0) is 79.1 Å². The Hall–Kier alpha value is -3.42. The van der Waals surface area contributed by atoms with Gasteiger partial charge in [0.05, 0.1) is 5.56 Å². The summed E-state index contributed by atoms with van der Waals surface area (Å²) in [5.74, 6) is 0. The summed E-state index contributed by atoms with van der Waals surface area (Å²) in [6.07, 6.45) is -0.963. The first-order chi connectivity index (χ1) is 19.7. The van der Waals surface area contributed by atoms with Crippen molar-refractivity contribution in [3.63, 3.8) is 0 Å². The summed E-state index contributed by atoms with van der Waals surface area (Å²) in [6, 6.07) is 9.22. The van der Waals surface area contributed by atoms with E-state index in [1.807, 2.05) is 12.1 Å². The van der Waals surface area contributed by atoms with Gasteiger partial charge in [0.25, 0.3) is 0 Å². The molecule has 224 valence electrons. The van der Waals surface area contributed by atoms with E-state index < -0.39 is 33.6 Å². The molecule has 0 bridgehead atoms. The fourth-order valence-corrected chi connectivity index (χ4v) is 7.04. The van der Waals surface area contributed by atoms with E-state index in [4.69, 9.17) is 4.74 Å². The zero-order valence-electron chi connectivity index (χ0n) is 23.4. The normalized spacial score (nSPS) is 16.5. The lowest BCUT2D eigenvalue weighted by atomic mass is 9.85. The fraction of sp³-hybridized carbons (Fsp3) is 0.379. The zero-order chi connectivity index (χ0) is 30.3.